The van der Waals surface area contributed by atoms with Crippen LogP contribution in [0.4, 0.5) is 0 Å². The van der Waals surface area contributed by atoms with Crippen molar-refractivity contribution in [3.8, 4) is 0 Å². The number of para-hydroxylation sites is 1. The summed E-state index contributed by atoms with van der Waals surface area (Å²) >= 11 is 1.75. The predicted octanol–water partition coefficient (Wildman–Crippen LogP) is 4.19. The molecule has 0 spiro atoms. The van der Waals surface area contributed by atoms with Gasteiger partial charge < -0.3 is 0 Å². The standard InChI is InChI=1S/C17H15N3S/c1-2-7-15-14(6-1)17(20-16(19-15)12-8-9-12)21-11-13-5-3-4-10-18-13/h1-7,10,12H,8-9,11H2. The molecule has 21 heavy (non-hydrogen) atoms. The summed E-state index contributed by atoms with van der Waals surface area (Å²) in [6, 6.07) is 14.3. The second-order valence-corrected chi connectivity index (χ2v) is 6.25. The summed E-state index contributed by atoms with van der Waals surface area (Å²) in [7, 11) is 0. The van der Waals surface area contributed by atoms with Crippen LogP contribution in [0.2, 0.25) is 0 Å². The van der Waals surface area contributed by atoms with Gasteiger partial charge in [0, 0.05) is 23.3 Å². The van der Waals surface area contributed by atoms with Gasteiger partial charge in [0.05, 0.1) is 11.2 Å². The number of hydrogen-bond acceptors (Lipinski definition) is 4. The molecule has 1 saturated carbocycles. The minimum atomic E-state index is 0.573. The van der Waals surface area contributed by atoms with Gasteiger partial charge in [-0.2, -0.15) is 0 Å². The van der Waals surface area contributed by atoms with E-state index < -0.39 is 0 Å². The first kappa shape index (κ1) is 12.8. The van der Waals surface area contributed by atoms with Crippen LogP contribution in [0.25, 0.3) is 10.9 Å². The van der Waals surface area contributed by atoms with Crippen molar-refractivity contribution in [2.45, 2.75) is 29.5 Å². The lowest BCUT2D eigenvalue weighted by Gasteiger charge is -2.07. The van der Waals surface area contributed by atoms with Gasteiger partial charge in [-0.05, 0) is 31.0 Å². The second-order valence-electron chi connectivity index (χ2n) is 5.29. The first-order valence-electron chi connectivity index (χ1n) is 7.19. The lowest BCUT2D eigenvalue weighted by molar-refractivity contribution is 0.904. The van der Waals surface area contributed by atoms with Crippen LogP contribution in [0.15, 0.2) is 53.7 Å². The minimum Gasteiger partial charge on any atom is -0.260 e. The third-order valence-corrected chi connectivity index (χ3v) is 4.64. The highest BCUT2D eigenvalue weighted by Crippen LogP contribution is 2.40. The molecule has 0 bridgehead atoms. The number of thioether (sulfide) groups is 1. The number of hydrogen-bond donors (Lipinski definition) is 0. The maximum absolute atomic E-state index is 4.80. The van der Waals surface area contributed by atoms with E-state index in [4.69, 9.17) is 9.97 Å². The molecule has 0 N–H and O–H groups in total. The van der Waals surface area contributed by atoms with Crippen LogP contribution < -0.4 is 0 Å². The fourth-order valence-electron chi connectivity index (χ4n) is 2.32. The van der Waals surface area contributed by atoms with Crippen molar-refractivity contribution in [3.63, 3.8) is 0 Å². The van der Waals surface area contributed by atoms with E-state index in [1.165, 1.54) is 12.8 Å². The van der Waals surface area contributed by atoms with E-state index in [-0.39, 0.29) is 0 Å². The Kier molecular flexibility index (Phi) is 3.31. The van der Waals surface area contributed by atoms with E-state index in [1.807, 2.05) is 30.5 Å². The Morgan fingerprint density at radius 3 is 2.67 bits per heavy atom. The normalized spacial score (nSPS) is 14.5. The Balaban J connectivity index is 1.69. The highest BCUT2D eigenvalue weighted by Gasteiger charge is 2.27. The topological polar surface area (TPSA) is 38.7 Å². The highest BCUT2D eigenvalue weighted by molar-refractivity contribution is 7.98. The Bertz CT molecular complexity index is 769. The van der Waals surface area contributed by atoms with Gasteiger partial charge in [-0.25, -0.2) is 9.97 Å². The number of rotatable bonds is 4. The smallest absolute Gasteiger partial charge is 0.133 e. The molecule has 0 saturated heterocycles. The predicted molar refractivity (Wildman–Crippen MR) is 85.3 cm³/mol. The summed E-state index contributed by atoms with van der Waals surface area (Å²) in [6.45, 7) is 0. The second kappa shape index (κ2) is 5.45. The van der Waals surface area contributed by atoms with Crippen LogP contribution in [0.5, 0.6) is 0 Å². The zero-order chi connectivity index (χ0) is 14.1. The molecular formula is C17H15N3S. The Morgan fingerprint density at radius 2 is 1.86 bits per heavy atom. The molecule has 0 amide bonds. The van der Waals surface area contributed by atoms with Crippen LogP contribution in [0.3, 0.4) is 0 Å². The van der Waals surface area contributed by atoms with Gasteiger partial charge in [0.2, 0.25) is 0 Å². The maximum Gasteiger partial charge on any atom is 0.133 e. The Morgan fingerprint density at radius 1 is 1.00 bits per heavy atom. The van der Waals surface area contributed by atoms with Crippen molar-refractivity contribution in [3.05, 3.63) is 60.2 Å². The molecule has 0 atom stereocenters. The zero-order valence-electron chi connectivity index (χ0n) is 11.6. The fourth-order valence-corrected chi connectivity index (χ4v) is 3.27. The number of fused-ring (bicyclic) bond motifs is 1. The summed E-state index contributed by atoms with van der Waals surface area (Å²) in [4.78, 5) is 13.9. The number of pyridine rings is 1. The molecule has 3 nitrogen and oxygen atoms in total. The van der Waals surface area contributed by atoms with Crippen LogP contribution in [-0.2, 0) is 5.75 Å². The van der Waals surface area contributed by atoms with Crippen molar-refractivity contribution >= 4 is 22.7 Å². The van der Waals surface area contributed by atoms with Crippen molar-refractivity contribution in [2.24, 2.45) is 0 Å². The van der Waals surface area contributed by atoms with Gasteiger partial charge in [-0.3, -0.25) is 4.98 Å². The van der Waals surface area contributed by atoms with Crippen molar-refractivity contribution in [1.29, 1.82) is 0 Å². The van der Waals surface area contributed by atoms with Gasteiger partial charge in [-0.1, -0.05) is 36.0 Å². The van der Waals surface area contributed by atoms with Gasteiger partial charge >= 0.3 is 0 Å². The van der Waals surface area contributed by atoms with E-state index in [2.05, 4.69) is 23.2 Å². The Labute approximate surface area is 127 Å². The summed E-state index contributed by atoms with van der Waals surface area (Å²) < 4.78 is 0. The summed E-state index contributed by atoms with van der Waals surface area (Å²) in [5.41, 5.74) is 2.14. The highest BCUT2D eigenvalue weighted by atomic mass is 32.2. The van der Waals surface area contributed by atoms with Crippen molar-refractivity contribution in [1.82, 2.24) is 15.0 Å². The van der Waals surface area contributed by atoms with E-state index in [9.17, 15) is 0 Å². The van der Waals surface area contributed by atoms with E-state index in [0.29, 0.717) is 5.92 Å². The lowest BCUT2D eigenvalue weighted by Crippen LogP contribution is -1.96. The molecule has 1 aliphatic carbocycles. The van der Waals surface area contributed by atoms with Crippen LogP contribution in [-0.4, -0.2) is 15.0 Å². The SMILES string of the molecule is c1ccc(CSc2nc(C3CC3)nc3ccccc23)nc1. The average Bonchev–Trinajstić information content (AvgIpc) is 3.38. The summed E-state index contributed by atoms with van der Waals surface area (Å²) in [6.07, 6.45) is 4.29. The maximum atomic E-state index is 4.80. The first-order chi connectivity index (χ1) is 10.4. The molecule has 4 rings (SSSR count). The molecule has 0 aliphatic heterocycles. The molecular weight excluding hydrogens is 278 g/mol. The molecule has 3 aromatic rings. The molecule has 2 aromatic heterocycles. The van der Waals surface area contributed by atoms with Gasteiger partial charge in [0.1, 0.15) is 10.9 Å². The molecule has 1 aromatic carbocycles. The van der Waals surface area contributed by atoms with E-state index >= 15 is 0 Å². The van der Waals surface area contributed by atoms with Gasteiger partial charge in [0.25, 0.3) is 0 Å². The third-order valence-electron chi connectivity index (χ3n) is 3.61. The molecule has 2 heterocycles. The Hall–Kier alpha value is -1.94. The average molecular weight is 293 g/mol. The number of nitrogens with zero attached hydrogens (tertiary/aromatic N) is 3. The van der Waals surface area contributed by atoms with Crippen molar-refractivity contribution < 1.29 is 0 Å². The first-order valence-corrected chi connectivity index (χ1v) is 8.18. The third kappa shape index (κ3) is 2.76. The minimum absolute atomic E-state index is 0.573. The van der Waals surface area contributed by atoms with Crippen LogP contribution in [0.1, 0.15) is 30.3 Å². The zero-order valence-corrected chi connectivity index (χ0v) is 12.4. The fraction of sp³-hybridized carbons (Fsp3) is 0.235. The number of benzene rings is 1. The molecule has 0 unspecified atom stereocenters. The lowest BCUT2D eigenvalue weighted by atomic mass is 10.2. The summed E-state index contributed by atoms with van der Waals surface area (Å²) in [5, 5.41) is 2.22. The monoisotopic (exact) mass is 293 g/mol. The van der Waals surface area contributed by atoms with Gasteiger partial charge in [-0.15, -0.1) is 0 Å². The molecule has 1 aliphatic rings. The molecule has 1 fully saturated rings. The summed E-state index contributed by atoms with van der Waals surface area (Å²) in [5.74, 6) is 2.42. The quantitative estimate of drug-likeness (QED) is 0.534. The van der Waals surface area contributed by atoms with E-state index in [1.54, 1.807) is 11.8 Å². The van der Waals surface area contributed by atoms with Gasteiger partial charge in [0.15, 0.2) is 0 Å². The largest absolute Gasteiger partial charge is 0.260 e. The van der Waals surface area contributed by atoms with Crippen LogP contribution >= 0.6 is 11.8 Å². The van der Waals surface area contributed by atoms with Crippen LogP contribution in [0, 0.1) is 0 Å². The van der Waals surface area contributed by atoms with Crippen molar-refractivity contribution in [2.75, 3.05) is 0 Å². The molecule has 4 heteroatoms. The molecule has 0 radical (unpaired) electrons. The van der Waals surface area contributed by atoms with E-state index in [0.717, 1.165) is 33.2 Å². The number of aromatic nitrogens is 3. The molecule has 104 valence electrons.